The van der Waals surface area contributed by atoms with E-state index in [2.05, 4.69) is 42.2 Å². The number of pyridine rings is 1. The highest BCUT2D eigenvalue weighted by molar-refractivity contribution is 9.11. The fraction of sp³-hybridized carbons (Fsp3) is 0.143. The van der Waals surface area contributed by atoms with Crippen LogP contribution in [0.5, 0.6) is 0 Å². The average molecular weight is 400 g/mol. The van der Waals surface area contributed by atoms with Gasteiger partial charge in [0, 0.05) is 14.6 Å². The number of hydrogen-bond acceptors (Lipinski definition) is 3. The van der Waals surface area contributed by atoms with E-state index < -0.39 is 5.97 Å². The van der Waals surface area contributed by atoms with Gasteiger partial charge in [-0.05, 0) is 59.6 Å². The van der Waals surface area contributed by atoms with Crippen LogP contribution in [0.3, 0.4) is 0 Å². The molecule has 0 saturated carbocycles. The SMILES string of the molecule is Cc1cc(C)c(C(=O)O)c(Nc2cc(Br)ccc2Br)n1. The summed E-state index contributed by atoms with van der Waals surface area (Å²) >= 11 is 6.82. The molecule has 0 saturated heterocycles. The second-order valence-corrected chi connectivity index (χ2v) is 6.13. The van der Waals surface area contributed by atoms with Crippen LogP contribution in [0.25, 0.3) is 0 Å². The highest BCUT2D eigenvalue weighted by Gasteiger charge is 2.16. The van der Waals surface area contributed by atoms with Gasteiger partial charge in [-0.15, -0.1) is 0 Å². The first-order valence-corrected chi connectivity index (χ1v) is 7.40. The maximum Gasteiger partial charge on any atom is 0.339 e. The van der Waals surface area contributed by atoms with Crippen LogP contribution in [0.2, 0.25) is 0 Å². The second-order valence-electron chi connectivity index (χ2n) is 4.36. The number of aryl methyl sites for hydroxylation is 2. The van der Waals surface area contributed by atoms with Crippen LogP contribution < -0.4 is 5.32 Å². The highest BCUT2D eigenvalue weighted by atomic mass is 79.9. The van der Waals surface area contributed by atoms with Crippen LogP contribution in [0.1, 0.15) is 21.6 Å². The van der Waals surface area contributed by atoms with Gasteiger partial charge in [0.15, 0.2) is 0 Å². The Morgan fingerprint density at radius 2 is 1.95 bits per heavy atom. The summed E-state index contributed by atoms with van der Waals surface area (Å²) in [5, 5.41) is 12.4. The zero-order valence-electron chi connectivity index (χ0n) is 10.9. The van der Waals surface area contributed by atoms with Crippen LogP contribution in [-0.2, 0) is 0 Å². The molecular weight excluding hydrogens is 388 g/mol. The summed E-state index contributed by atoms with van der Waals surface area (Å²) in [5.41, 5.74) is 2.38. The third-order valence-electron chi connectivity index (χ3n) is 2.74. The number of aromatic nitrogens is 1. The molecule has 0 spiro atoms. The Balaban J connectivity index is 2.53. The fourth-order valence-electron chi connectivity index (χ4n) is 1.92. The number of hydrogen-bond donors (Lipinski definition) is 2. The van der Waals surface area contributed by atoms with Gasteiger partial charge in [0.25, 0.3) is 0 Å². The monoisotopic (exact) mass is 398 g/mol. The average Bonchev–Trinajstić information content (AvgIpc) is 2.32. The van der Waals surface area contributed by atoms with Gasteiger partial charge in [0.1, 0.15) is 11.4 Å². The molecule has 1 heterocycles. The summed E-state index contributed by atoms with van der Waals surface area (Å²) in [5.74, 6) is -0.655. The number of carbonyl (C=O) groups is 1. The molecule has 1 aromatic carbocycles. The lowest BCUT2D eigenvalue weighted by atomic mass is 10.1. The molecule has 0 aliphatic heterocycles. The Kier molecular flexibility index (Phi) is 4.45. The smallest absolute Gasteiger partial charge is 0.339 e. The Hall–Kier alpha value is -1.40. The standard InChI is InChI=1S/C14H12Br2N2O2/c1-7-5-8(2)17-13(12(7)14(19)20)18-11-6-9(15)3-4-10(11)16/h3-6H,1-2H3,(H,17,18)(H,19,20). The Morgan fingerprint density at radius 1 is 1.25 bits per heavy atom. The number of carboxylic acid groups (broad SMARTS) is 1. The van der Waals surface area contributed by atoms with Crippen molar-refractivity contribution in [2.24, 2.45) is 0 Å². The molecule has 0 bridgehead atoms. The van der Waals surface area contributed by atoms with E-state index in [0.29, 0.717) is 11.4 Å². The van der Waals surface area contributed by atoms with Crippen molar-refractivity contribution in [2.75, 3.05) is 5.32 Å². The fourth-order valence-corrected chi connectivity index (χ4v) is 2.62. The van der Waals surface area contributed by atoms with Crippen molar-refractivity contribution in [1.29, 1.82) is 0 Å². The zero-order chi connectivity index (χ0) is 14.9. The number of aromatic carboxylic acids is 1. The zero-order valence-corrected chi connectivity index (χ0v) is 14.0. The van der Waals surface area contributed by atoms with E-state index in [1.807, 2.05) is 25.1 Å². The van der Waals surface area contributed by atoms with E-state index in [0.717, 1.165) is 20.3 Å². The van der Waals surface area contributed by atoms with E-state index in [9.17, 15) is 9.90 Å². The van der Waals surface area contributed by atoms with Crippen molar-refractivity contribution in [2.45, 2.75) is 13.8 Å². The van der Waals surface area contributed by atoms with Crippen LogP contribution in [-0.4, -0.2) is 16.1 Å². The molecule has 0 aliphatic rings. The lowest BCUT2D eigenvalue weighted by Gasteiger charge is -2.13. The number of halogens is 2. The minimum absolute atomic E-state index is 0.183. The number of nitrogens with one attached hydrogen (secondary N) is 1. The number of rotatable bonds is 3. The first-order valence-electron chi connectivity index (χ1n) is 5.82. The second kappa shape index (κ2) is 5.93. The number of carboxylic acids is 1. The van der Waals surface area contributed by atoms with Crippen LogP contribution in [0, 0.1) is 13.8 Å². The first kappa shape index (κ1) is 15.0. The first-order chi connectivity index (χ1) is 9.38. The normalized spacial score (nSPS) is 10.4. The van der Waals surface area contributed by atoms with E-state index in [1.54, 1.807) is 13.0 Å². The predicted octanol–water partition coefficient (Wildman–Crippen LogP) is 4.67. The molecule has 2 rings (SSSR count). The molecule has 0 radical (unpaired) electrons. The largest absolute Gasteiger partial charge is 0.478 e. The summed E-state index contributed by atoms with van der Waals surface area (Å²) < 4.78 is 1.72. The van der Waals surface area contributed by atoms with Gasteiger partial charge < -0.3 is 10.4 Å². The van der Waals surface area contributed by atoms with Gasteiger partial charge >= 0.3 is 5.97 Å². The minimum atomic E-state index is -0.997. The molecule has 1 aromatic heterocycles. The van der Waals surface area contributed by atoms with Crippen LogP contribution in [0.4, 0.5) is 11.5 Å². The molecule has 0 unspecified atom stereocenters. The van der Waals surface area contributed by atoms with Crippen molar-refractivity contribution in [3.05, 3.63) is 50.0 Å². The van der Waals surface area contributed by atoms with E-state index in [1.165, 1.54) is 0 Å². The number of benzene rings is 1. The van der Waals surface area contributed by atoms with Crippen molar-refractivity contribution < 1.29 is 9.90 Å². The summed E-state index contributed by atoms with van der Waals surface area (Å²) in [4.78, 5) is 15.7. The summed E-state index contributed by atoms with van der Waals surface area (Å²) in [7, 11) is 0. The third-order valence-corrected chi connectivity index (χ3v) is 3.92. The third kappa shape index (κ3) is 3.19. The van der Waals surface area contributed by atoms with E-state index >= 15 is 0 Å². The van der Waals surface area contributed by atoms with Gasteiger partial charge in [-0.3, -0.25) is 0 Å². The highest BCUT2D eigenvalue weighted by Crippen LogP contribution is 2.30. The molecule has 0 atom stereocenters. The van der Waals surface area contributed by atoms with E-state index in [4.69, 9.17) is 0 Å². The maximum absolute atomic E-state index is 11.4. The molecule has 4 nitrogen and oxygen atoms in total. The minimum Gasteiger partial charge on any atom is -0.478 e. The number of anilines is 2. The lowest BCUT2D eigenvalue weighted by Crippen LogP contribution is -2.08. The Labute approximate surface area is 133 Å². The van der Waals surface area contributed by atoms with Crippen molar-refractivity contribution in [3.8, 4) is 0 Å². The van der Waals surface area contributed by atoms with Crippen LogP contribution in [0.15, 0.2) is 33.2 Å². The van der Waals surface area contributed by atoms with Crippen molar-refractivity contribution in [1.82, 2.24) is 4.98 Å². The lowest BCUT2D eigenvalue weighted by molar-refractivity contribution is 0.0697. The molecule has 6 heteroatoms. The van der Waals surface area contributed by atoms with Gasteiger partial charge in [-0.25, -0.2) is 9.78 Å². The van der Waals surface area contributed by atoms with Gasteiger partial charge in [0.2, 0.25) is 0 Å². The topological polar surface area (TPSA) is 62.2 Å². The molecule has 2 N–H and O–H groups in total. The molecule has 104 valence electrons. The molecule has 0 fully saturated rings. The van der Waals surface area contributed by atoms with Gasteiger partial charge in [-0.2, -0.15) is 0 Å². The number of nitrogens with zero attached hydrogens (tertiary/aromatic N) is 1. The Bertz CT molecular complexity index is 687. The predicted molar refractivity (Wildman–Crippen MR) is 85.8 cm³/mol. The van der Waals surface area contributed by atoms with Gasteiger partial charge in [-0.1, -0.05) is 15.9 Å². The summed E-state index contributed by atoms with van der Waals surface area (Å²) in [6.45, 7) is 3.60. The van der Waals surface area contributed by atoms with Crippen molar-refractivity contribution in [3.63, 3.8) is 0 Å². The van der Waals surface area contributed by atoms with Crippen molar-refractivity contribution >= 4 is 49.3 Å². The molecule has 0 aliphatic carbocycles. The quantitative estimate of drug-likeness (QED) is 0.787. The van der Waals surface area contributed by atoms with Gasteiger partial charge in [0.05, 0.1) is 5.69 Å². The summed E-state index contributed by atoms with van der Waals surface area (Å²) in [6, 6.07) is 7.37. The van der Waals surface area contributed by atoms with E-state index in [-0.39, 0.29) is 5.56 Å². The molecule has 20 heavy (non-hydrogen) atoms. The summed E-state index contributed by atoms with van der Waals surface area (Å²) in [6.07, 6.45) is 0. The molecule has 0 amide bonds. The van der Waals surface area contributed by atoms with Crippen LogP contribution >= 0.6 is 31.9 Å². The molecular formula is C14H12Br2N2O2. The maximum atomic E-state index is 11.4. The Morgan fingerprint density at radius 3 is 2.60 bits per heavy atom. The molecule has 2 aromatic rings.